The number of ether oxygens (including phenoxy) is 3. The number of hydrogen-bond donors (Lipinski definition) is 1. The summed E-state index contributed by atoms with van der Waals surface area (Å²) in [5.41, 5.74) is 0. The molecule has 0 aliphatic heterocycles. The van der Waals surface area contributed by atoms with Crippen molar-refractivity contribution in [2.45, 2.75) is 65.7 Å². The minimum atomic E-state index is -0.950. The van der Waals surface area contributed by atoms with Crippen LogP contribution in [0.2, 0.25) is 0 Å². The third-order valence-electron chi connectivity index (χ3n) is 2.88. The van der Waals surface area contributed by atoms with E-state index >= 15 is 0 Å². The Morgan fingerprint density at radius 1 is 1.05 bits per heavy atom. The summed E-state index contributed by atoms with van der Waals surface area (Å²) in [4.78, 5) is 34.9. The van der Waals surface area contributed by atoms with Crippen molar-refractivity contribution in [2.24, 2.45) is 5.92 Å². The third kappa shape index (κ3) is 7.85. The molecule has 0 spiro atoms. The quantitative estimate of drug-likeness (QED) is 0.518. The molecule has 0 aliphatic rings. The van der Waals surface area contributed by atoms with E-state index in [9.17, 15) is 14.4 Å². The highest BCUT2D eigenvalue weighted by atomic mass is 16.7. The molecule has 1 unspecified atom stereocenters. The van der Waals surface area contributed by atoms with E-state index in [0.29, 0.717) is 19.3 Å². The van der Waals surface area contributed by atoms with Gasteiger partial charge in [0.15, 0.2) is 0 Å². The first-order chi connectivity index (χ1) is 10.3. The van der Waals surface area contributed by atoms with Crippen molar-refractivity contribution < 1.29 is 28.6 Å². The number of amides is 1. The third-order valence-corrected chi connectivity index (χ3v) is 2.88. The zero-order chi connectivity index (χ0) is 17.1. The van der Waals surface area contributed by atoms with Crippen molar-refractivity contribution in [1.29, 1.82) is 0 Å². The number of esters is 2. The Morgan fingerprint density at radius 3 is 2.14 bits per heavy atom. The van der Waals surface area contributed by atoms with Gasteiger partial charge in [0.2, 0.25) is 6.29 Å². The van der Waals surface area contributed by atoms with Crippen LogP contribution in [0.5, 0.6) is 0 Å². The van der Waals surface area contributed by atoms with Gasteiger partial charge in [0.05, 0.1) is 7.11 Å². The minimum absolute atomic E-state index is 0.160. The van der Waals surface area contributed by atoms with E-state index in [0.717, 1.165) is 0 Å². The van der Waals surface area contributed by atoms with Gasteiger partial charge in [-0.05, 0) is 18.8 Å². The number of carbonyl (C=O) groups is 3. The molecule has 0 heterocycles. The van der Waals surface area contributed by atoms with E-state index in [1.54, 1.807) is 13.8 Å². The summed E-state index contributed by atoms with van der Waals surface area (Å²) >= 11 is 0. The molecule has 0 saturated carbocycles. The lowest BCUT2D eigenvalue weighted by atomic mass is 10.1. The second kappa shape index (κ2) is 10.9. The Morgan fingerprint density at radius 2 is 1.68 bits per heavy atom. The molecule has 128 valence electrons. The van der Waals surface area contributed by atoms with Gasteiger partial charge in [-0.15, -0.1) is 0 Å². The summed E-state index contributed by atoms with van der Waals surface area (Å²) < 4.78 is 14.8. The first-order valence-electron chi connectivity index (χ1n) is 7.60. The molecule has 22 heavy (non-hydrogen) atoms. The van der Waals surface area contributed by atoms with Gasteiger partial charge in [-0.2, -0.15) is 0 Å². The standard InChI is InChI=1S/C15H27NO6/c1-6-8-11(17)21-12(9-7-2)22-15(19)16-13(10(3)4)14(18)20-5/h10,12-13H,6-9H2,1-5H3,(H,16,19)/t12?,13-/m0/s1. The maximum absolute atomic E-state index is 11.9. The SMILES string of the molecule is CCCC(=O)OC(CCC)OC(=O)N[C@H](C(=O)OC)C(C)C. The maximum Gasteiger partial charge on any atom is 0.410 e. The minimum Gasteiger partial charge on any atom is -0.467 e. The van der Waals surface area contributed by atoms with Gasteiger partial charge < -0.3 is 19.5 Å². The molecular weight excluding hydrogens is 290 g/mol. The van der Waals surface area contributed by atoms with Crippen molar-refractivity contribution in [3.63, 3.8) is 0 Å². The van der Waals surface area contributed by atoms with Crippen molar-refractivity contribution >= 4 is 18.0 Å². The number of hydrogen-bond acceptors (Lipinski definition) is 6. The summed E-state index contributed by atoms with van der Waals surface area (Å²) in [6.45, 7) is 7.28. The van der Waals surface area contributed by atoms with E-state index in [-0.39, 0.29) is 12.3 Å². The van der Waals surface area contributed by atoms with Crippen LogP contribution in [0.25, 0.3) is 0 Å². The van der Waals surface area contributed by atoms with Crippen molar-refractivity contribution in [3.8, 4) is 0 Å². The lowest BCUT2D eigenvalue weighted by molar-refractivity contribution is -0.169. The summed E-state index contributed by atoms with van der Waals surface area (Å²) in [5, 5.41) is 2.43. The van der Waals surface area contributed by atoms with E-state index in [1.165, 1.54) is 7.11 Å². The molecule has 0 aromatic carbocycles. The van der Waals surface area contributed by atoms with Gasteiger partial charge in [-0.3, -0.25) is 4.79 Å². The highest BCUT2D eigenvalue weighted by Gasteiger charge is 2.27. The van der Waals surface area contributed by atoms with E-state index < -0.39 is 30.4 Å². The van der Waals surface area contributed by atoms with Crippen LogP contribution in [0.15, 0.2) is 0 Å². The zero-order valence-electron chi connectivity index (χ0n) is 14.0. The molecule has 0 bridgehead atoms. The van der Waals surface area contributed by atoms with Gasteiger partial charge in [-0.25, -0.2) is 9.59 Å². The lowest BCUT2D eigenvalue weighted by Crippen LogP contribution is -2.46. The van der Waals surface area contributed by atoms with E-state index in [4.69, 9.17) is 9.47 Å². The van der Waals surface area contributed by atoms with Crippen LogP contribution in [-0.2, 0) is 23.8 Å². The van der Waals surface area contributed by atoms with Gasteiger partial charge in [0.1, 0.15) is 6.04 Å². The van der Waals surface area contributed by atoms with Crippen molar-refractivity contribution in [1.82, 2.24) is 5.32 Å². The monoisotopic (exact) mass is 317 g/mol. The Kier molecular flexibility index (Phi) is 9.98. The lowest BCUT2D eigenvalue weighted by Gasteiger charge is -2.22. The van der Waals surface area contributed by atoms with Crippen LogP contribution in [-0.4, -0.2) is 37.5 Å². The Balaban J connectivity index is 4.60. The number of methoxy groups -OCH3 is 1. The first kappa shape index (κ1) is 20.2. The summed E-state index contributed by atoms with van der Waals surface area (Å²) in [5.74, 6) is -1.13. The molecular formula is C15H27NO6. The van der Waals surface area contributed by atoms with Crippen LogP contribution in [0.1, 0.15) is 53.4 Å². The van der Waals surface area contributed by atoms with Crippen LogP contribution in [0.4, 0.5) is 4.79 Å². The van der Waals surface area contributed by atoms with Crippen molar-refractivity contribution in [2.75, 3.05) is 7.11 Å². The molecule has 7 heteroatoms. The summed E-state index contributed by atoms with van der Waals surface area (Å²) in [6, 6.07) is -0.814. The molecule has 0 aliphatic carbocycles. The Bertz CT molecular complexity index is 369. The number of carbonyl (C=O) groups excluding carboxylic acids is 3. The van der Waals surface area contributed by atoms with Gasteiger partial charge >= 0.3 is 18.0 Å². The molecule has 0 fully saturated rings. The normalized spacial score (nSPS) is 13.2. The highest BCUT2D eigenvalue weighted by molar-refractivity contribution is 5.81. The highest BCUT2D eigenvalue weighted by Crippen LogP contribution is 2.09. The van der Waals surface area contributed by atoms with Crippen LogP contribution >= 0.6 is 0 Å². The average molecular weight is 317 g/mol. The zero-order valence-corrected chi connectivity index (χ0v) is 14.0. The van der Waals surface area contributed by atoms with E-state index in [2.05, 4.69) is 10.1 Å². The molecule has 0 aromatic rings. The van der Waals surface area contributed by atoms with Gasteiger partial charge in [-0.1, -0.05) is 27.7 Å². The molecule has 2 atom stereocenters. The largest absolute Gasteiger partial charge is 0.467 e. The Hall–Kier alpha value is -1.79. The van der Waals surface area contributed by atoms with Crippen LogP contribution in [0, 0.1) is 5.92 Å². The van der Waals surface area contributed by atoms with Crippen LogP contribution < -0.4 is 5.32 Å². The molecule has 0 radical (unpaired) electrons. The predicted molar refractivity (Wildman–Crippen MR) is 80.0 cm³/mol. The van der Waals surface area contributed by atoms with Gasteiger partial charge in [0, 0.05) is 12.8 Å². The summed E-state index contributed by atoms with van der Waals surface area (Å²) in [6.07, 6.45) is 0.236. The molecule has 0 rings (SSSR count). The number of alkyl carbamates (subject to hydrolysis) is 1. The second-order valence-corrected chi connectivity index (χ2v) is 5.25. The fourth-order valence-electron chi connectivity index (χ4n) is 1.69. The fourth-order valence-corrected chi connectivity index (χ4v) is 1.69. The average Bonchev–Trinajstić information content (AvgIpc) is 2.44. The first-order valence-corrected chi connectivity index (χ1v) is 7.60. The van der Waals surface area contributed by atoms with Gasteiger partial charge in [0.25, 0.3) is 0 Å². The number of nitrogens with one attached hydrogen (secondary N) is 1. The fraction of sp³-hybridized carbons (Fsp3) is 0.800. The Labute approximate surface area is 131 Å². The van der Waals surface area contributed by atoms with E-state index in [1.807, 2.05) is 13.8 Å². The van der Waals surface area contributed by atoms with Crippen LogP contribution in [0.3, 0.4) is 0 Å². The molecule has 7 nitrogen and oxygen atoms in total. The summed E-state index contributed by atoms with van der Waals surface area (Å²) in [7, 11) is 1.25. The van der Waals surface area contributed by atoms with Crippen molar-refractivity contribution in [3.05, 3.63) is 0 Å². The molecule has 1 amide bonds. The molecule has 1 N–H and O–H groups in total. The smallest absolute Gasteiger partial charge is 0.410 e. The topological polar surface area (TPSA) is 90.9 Å². The maximum atomic E-state index is 11.9. The predicted octanol–water partition coefficient (Wildman–Crippen LogP) is 2.38. The molecule has 0 aromatic heterocycles. The molecule has 0 saturated heterocycles. The number of rotatable bonds is 9. The second-order valence-electron chi connectivity index (χ2n) is 5.25.